The number of nitrogens with one attached hydrogen (secondary N) is 1. The number of rotatable bonds is 5. The predicted molar refractivity (Wildman–Crippen MR) is 98.3 cm³/mol. The van der Waals surface area contributed by atoms with Crippen LogP contribution in [0.5, 0.6) is 0 Å². The molecule has 3 rings (SSSR count). The summed E-state index contributed by atoms with van der Waals surface area (Å²) in [5.74, 6) is 0. The highest BCUT2D eigenvalue weighted by molar-refractivity contribution is 7.99. The first-order valence-corrected chi connectivity index (χ1v) is 9.88. The van der Waals surface area contributed by atoms with E-state index in [1.807, 2.05) is 39.1 Å². The van der Waals surface area contributed by atoms with Crippen LogP contribution in [0.25, 0.3) is 0 Å². The van der Waals surface area contributed by atoms with Crippen molar-refractivity contribution in [1.82, 2.24) is 14.8 Å². The third-order valence-corrected chi connectivity index (χ3v) is 6.28. The molecule has 0 aliphatic carbocycles. The Morgan fingerprint density at radius 3 is 2.52 bits per heavy atom. The maximum atomic E-state index is 12.7. The van der Waals surface area contributed by atoms with Gasteiger partial charge in [-0.3, -0.25) is 4.72 Å². The van der Waals surface area contributed by atoms with Gasteiger partial charge in [0.05, 0.1) is 10.6 Å². The molecular formula is C17H18N4O2S2. The lowest BCUT2D eigenvalue weighted by atomic mass is 10.1. The first kappa shape index (κ1) is 17.5. The summed E-state index contributed by atoms with van der Waals surface area (Å²) in [4.78, 5) is 1.00. The van der Waals surface area contributed by atoms with Crippen LogP contribution in [0.2, 0.25) is 0 Å². The van der Waals surface area contributed by atoms with Gasteiger partial charge in [0.15, 0.2) is 5.16 Å². The summed E-state index contributed by atoms with van der Waals surface area (Å²) >= 11 is 1.35. The van der Waals surface area contributed by atoms with Crippen LogP contribution in [0.1, 0.15) is 11.1 Å². The standard InChI is InChI=1S/C17H18N4O2S2/c1-12-8-9-14(10-13(12)2)25(22,23)20-15-6-4-5-7-16(15)24-17-19-18-11-21(17)3/h4-11,20H,1-3H3. The number of hydrogen-bond acceptors (Lipinski definition) is 5. The first-order chi connectivity index (χ1) is 11.9. The van der Waals surface area contributed by atoms with Crippen LogP contribution in [0.3, 0.4) is 0 Å². The molecule has 0 saturated heterocycles. The molecule has 0 amide bonds. The summed E-state index contributed by atoms with van der Waals surface area (Å²) in [6.45, 7) is 3.85. The summed E-state index contributed by atoms with van der Waals surface area (Å²) in [7, 11) is -1.83. The van der Waals surface area contributed by atoms with Crippen LogP contribution in [-0.2, 0) is 17.1 Å². The van der Waals surface area contributed by atoms with E-state index in [0.29, 0.717) is 10.8 Å². The molecule has 8 heteroatoms. The number of nitrogens with zero attached hydrogens (tertiary/aromatic N) is 3. The van der Waals surface area contributed by atoms with Crippen molar-refractivity contribution < 1.29 is 8.42 Å². The number of hydrogen-bond donors (Lipinski definition) is 1. The molecule has 0 radical (unpaired) electrons. The van der Waals surface area contributed by atoms with E-state index in [0.717, 1.165) is 16.0 Å². The Morgan fingerprint density at radius 2 is 1.84 bits per heavy atom. The van der Waals surface area contributed by atoms with E-state index in [1.54, 1.807) is 35.2 Å². The molecule has 0 atom stereocenters. The Kier molecular flexibility index (Phi) is 4.82. The Labute approximate surface area is 151 Å². The largest absolute Gasteiger partial charge is 0.311 e. The van der Waals surface area contributed by atoms with E-state index in [2.05, 4.69) is 14.9 Å². The van der Waals surface area contributed by atoms with E-state index in [4.69, 9.17) is 0 Å². The van der Waals surface area contributed by atoms with Crippen molar-refractivity contribution in [1.29, 1.82) is 0 Å². The lowest BCUT2D eigenvalue weighted by molar-refractivity contribution is 0.601. The van der Waals surface area contributed by atoms with Gasteiger partial charge in [-0.25, -0.2) is 8.42 Å². The van der Waals surface area contributed by atoms with Gasteiger partial charge in [-0.1, -0.05) is 18.2 Å². The third-order valence-electron chi connectivity index (χ3n) is 3.79. The maximum absolute atomic E-state index is 12.7. The molecule has 6 nitrogen and oxygen atoms in total. The van der Waals surface area contributed by atoms with Gasteiger partial charge in [-0.2, -0.15) is 0 Å². The summed E-state index contributed by atoms with van der Waals surface area (Å²) in [6, 6.07) is 12.3. The fourth-order valence-corrected chi connectivity index (χ4v) is 4.27. The number of para-hydroxylation sites is 1. The van der Waals surface area contributed by atoms with Gasteiger partial charge in [-0.15, -0.1) is 10.2 Å². The number of sulfonamides is 1. The van der Waals surface area contributed by atoms with E-state index >= 15 is 0 Å². The topological polar surface area (TPSA) is 76.9 Å². The molecule has 0 spiro atoms. The van der Waals surface area contributed by atoms with Gasteiger partial charge in [0.2, 0.25) is 0 Å². The minimum atomic E-state index is -3.67. The predicted octanol–water partition coefficient (Wildman–Crippen LogP) is 3.38. The van der Waals surface area contributed by atoms with Crippen LogP contribution < -0.4 is 4.72 Å². The average Bonchev–Trinajstić information content (AvgIpc) is 2.96. The van der Waals surface area contributed by atoms with Crippen molar-refractivity contribution >= 4 is 27.5 Å². The lowest BCUT2D eigenvalue weighted by Crippen LogP contribution is -2.14. The SMILES string of the molecule is Cc1ccc(S(=O)(=O)Nc2ccccc2Sc2nncn2C)cc1C. The Morgan fingerprint density at radius 1 is 1.08 bits per heavy atom. The normalized spacial score (nSPS) is 11.5. The quantitative estimate of drug-likeness (QED) is 0.741. The van der Waals surface area contributed by atoms with Gasteiger partial charge in [-0.05, 0) is 61.0 Å². The van der Waals surface area contributed by atoms with Crippen molar-refractivity contribution in [3.8, 4) is 0 Å². The zero-order valence-corrected chi connectivity index (χ0v) is 15.7. The monoisotopic (exact) mass is 374 g/mol. The maximum Gasteiger partial charge on any atom is 0.261 e. The zero-order valence-electron chi connectivity index (χ0n) is 14.1. The van der Waals surface area contributed by atoms with E-state index in [-0.39, 0.29) is 4.90 Å². The summed E-state index contributed by atoms with van der Waals surface area (Å²) in [5, 5.41) is 8.55. The van der Waals surface area contributed by atoms with Crippen LogP contribution in [0.15, 0.2) is 63.7 Å². The molecule has 0 aliphatic heterocycles. The Hall–Kier alpha value is -2.32. The fraction of sp³-hybridized carbons (Fsp3) is 0.176. The molecule has 0 saturated carbocycles. The molecule has 0 unspecified atom stereocenters. The molecule has 3 aromatic rings. The molecule has 1 aromatic heterocycles. The lowest BCUT2D eigenvalue weighted by Gasteiger charge is -2.13. The second-order valence-corrected chi connectivity index (χ2v) is 8.37. The molecule has 0 aliphatic rings. The molecule has 0 fully saturated rings. The highest BCUT2D eigenvalue weighted by Crippen LogP contribution is 2.33. The molecule has 0 bridgehead atoms. The van der Waals surface area contributed by atoms with Crippen molar-refractivity contribution in [3.63, 3.8) is 0 Å². The number of aromatic nitrogens is 3. The second kappa shape index (κ2) is 6.89. The highest BCUT2D eigenvalue weighted by Gasteiger charge is 2.17. The number of benzene rings is 2. The van der Waals surface area contributed by atoms with E-state index in [9.17, 15) is 8.42 Å². The number of anilines is 1. The molecule has 2 aromatic carbocycles. The van der Waals surface area contributed by atoms with Crippen LogP contribution >= 0.6 is 11.8 Å². The molecular weight excluding hydrogens is 356 g/mol. The van der Waals surface area contributed by atoms with Crippen LogP contribution in [-0.4, -0.2) is 23.2 Å². The highest BCUT2D eigenvalue weighted by atomic mass is 32.2. The minimum Gasteiger partial charge on any atom is -0.311 e. The van der Waals surface area contributed by atoms with E-state index in [1.165, 1.54) is 11.8 Å². The average molecular weight is 374 g/mol. The molecule has 130 valence electrons. The van der Waals surface area contributed by atoms with Gasteiger partial charge in [0.25, 0.3) is 10.0 Å². The summed E-state index contributed by atoms with van der Waals surface area (Å²) < 4.78 is 29.9. The first-order valence-electron chi connectivity index (χ1n) is 7.58. The minimum absolute atomic E-state index is 0.245. The van der Waals surface area contributed by atoms with Gasteiger partial charge < -0.3 is 4.57 Å². The molecule has 1 N–H and O–H groups in total. The van der Waals surface area contributed by atoms with Crippen LogP contribution in [0, 0.1) is 13.8 Å². The van der Waals surface area contributed by atoms with Crippen LogP contribution in [0.4, 0.5) is 5.69 Å². The van der Waals surface area contributed by atoms with Crippen molar-refractivity contribution in [3.05, 3.63) is 59.9 Å². The summed E-state index contributed by atoms with van der Waals surface area (Å²) in [5.41, 5.74) is 2.50. The molecule has 25 heavy (non-hydrogen) atoms. The van der Waals surface area contributed by atoms with Crippen molar-refractivity contribution in [2.24, 2.45) is 7.05 Å². The van der Waals surface area contributed by atoms with Gasteiger partial charge in [0.1, 0.15) is 6.33 Å². The van der Waals surface area contributed by atoms with Gasteiger partial charge >= 0.3 is 0 Å². The Balaban J connectivity index is 1.92. The third kappa shape index (κ3) is 3.85. The van der Waals surface area contributed by atoms with Crippen molar-refractivity contribution in [2.45, 2.75) is 28.8 Å². The number of aryl methyl sites for hydroxylation is 3. The van der Waals surface area contributed by atoms with Gasteiger partial charge in [0, 0.05) is 11.9 Å². The van der Waals surface area contributed by atoms with E-state index < -0.39 is 10.0 Å². The second-order valence-electron chi connectivity index (χ2n) is 5.67. The Bertz CT molecular complexity index is 1010. The smallest absolute Gasteiger partial charge is 0.261 e. The fourth-order valence-electron chi connectivity index (χ4n) is 2.19. The summed E-state index contributed by atoms with van der Waals surface area (Å²) in [6.07, 6.45) is 1.60. The zero-order chi connectivity index (χ0) is 18.0. The van der Waals surface area contributed by atoms with Crippen molar-refractivity contribution in [2.75, 3.05) is 4.72 Å². The molecule has 1 heterocycles.